The molecule has 1 fully saturated rings. The van der Waals surface area contributed by atoms with Crippen LogP contribution in [0.1, 0.15) is 5.69 Å². The van der Waals surface area contributed by atoms with Crippen molar-refractivity contribution < 1.29 is 31.8 Å². The summed E-state index contributed by atoms with van der Waals surface area (Å²) < 4.78 is 72.0. The Kier molecular flexibility index (Phi) is 10.2. The first kappa shape index (κ1) is 28.9. The van der Waals surface area contributed by atoms with Crippen molar-refractivity contribution in [2.45, 2.75) is 11.1 Å². The lowest BCUT2D eigenvalue weighted by Gasteiger charge is -2.34. The van der Waals surface area contributed by atoms with Gasteiger partial charge in [-0.15, -0.1) is 0 Å². The summed E-state index contributed by atoms with van der Waals surface area (Å²) in [5.74, 6) is 0.275. The standard InChI is InChI=1S/C26H29F4N5O3S/c1-36-14-15-37-16-17-38-21-6-8-22(9-7-21)39-35-12-10-34(11-13-35)25-32-23(26(28,29)30)18-24(33-25)31-20-4-2-19(27)3-5-20/h2-9,18H,10-17H2,1H3,(H,31,32,33). The fourth-order valence-corrected chi connectivity index (χ4v) is 4.56. The zero-order valence-electron chi connectivity index (χ0n) is 21.3. The van der Waals surface area contributed by atoms with Gasteiger partial charge in [0.05, 0.1) is 19.8 Å². The van der Waals surface area contributed by atoms with Crippen LogP contribution in [0.3, 0.4) is 0 Å². The third-order valence-corrected chi connectivity index (χ3v) is 6.74. The molecule has 1 aliphatic heterocycles. The van der Waals surface area contributed by atoms with Crippen LogP contribution in [0.5, 0.6) is 5.75 Å². The van der Waals surface area contributed by atoms with Gasteiger partial charge in [-0.25, -0.2) is 13.7 Å². The second-order valence-corrected chi connectivity index (χ2v) is 9.67. The average molecular weight is 568 g/mol. The molecule has 0 atom stereocenters. The van der Waals surface area contributed by atoms with Crippen molar-refractivity contribution in [1.29, 1.82) is 0 Å². The highest BCUT2D eigenvalue weighted by atomic mass is 32.2. The van der Waals surface area contributed by atoms with Gasteiger partial charge in [0, 0.05) is 49.9 Å². The van der Waals surface area contributed by atoms with Gasteiger partial charge in [-0.2, -0.15) is 18.2 Å². The number of halogens is 4. The van der Waals surface area contributed by atoms with Crippen molar-refractivity contribution in [2.75, 3.05) is 69.9 Å². The van der Waals surface area contributed by atoms with E-state index < -0.39 is 17.7 Å². The molecule has 3 aromatic rings. The van der Waals surface area contributed by atoms with E-state index in [1.807, 2.05) is 24.3 Å². The van der Waals surface area contributed by atoms with Crippen LogP contribution in [0.15, 0.2) is 59.5 Å². The Labute approximate surface area is 228 Å². The summed E-state index contributed by atoms with van der Waals surface area (Å²) >= 11 is 1.57. The number of anilines is 3. The zero-order chi connectivity index (χ0) is 27.7. The molecule has 0 saturated carbocycles. The van der Waals surface area contributed by atoms with Gasteiger partial charge in [0.1, 0.15) is 24.0 Å². The van der Waals surface area contributed by atoms with Crippen molar-refractivity contribution in [3.63, 3.8) is 0 Å². The third-order valence-electron chi connectivity index (χ3n) is 5.63. The van der Waals surface area contributed by atoms with Gasteiger partial charge in [-0.05, 0) is 60.5 Å². The van der Waals surface area contributed by atoms with Gasteiger partial charge in [0.25, 0.3) is 0 Å². The van der Waals surface area contributed by atoms with Crippen molar-refractivity contribution in [3.05, 3.63) is 66.1 Å². The molecule has 4 rings (SSSR count). The minimum Gasteiger partial charge on any atom is -0.491 e. The summed E-state index contributed by atoms with van der Waals surface area (Å²) in [6.45, 7) is 4.09. The largest absolute Gasteiger partial charge is 0.491 e. The molecule has 0 bridgehead atoms. The number of nitrogens with zero attached hydrogens (tertiary/aromatic N) is 4. The number of nitrogens with one attached hydrogen (secondary N) is 1. The summed E-state index contributed by atoms with van der Waals surface area (Å²) in [5, 5.41) is 2.81. The number of aromatic nitrogens is 2. The fourth-order valence-electron chi connectivity index (χ4n) is 3.65. The average Bonchev–Trinajstić information content (AvgIpc) is 2.93. The van der Waals surface area contributed by atoms with E-state index in [4.69, 9.17) is 14.2 Å². The molecule has 0 amide bonds. The second-order valence-electron chi connectivity index (χ2n) is 8.50. The molecule has 2 heterocycles. The molecule has 0 spiro atoms. The maximum atomic E-state index is 13.6. The maximum Gasteiger partial charge on any atom is 0.433 e. The van der Waals surface area contributed by atoms with Gasteiger partial charge >= 0.3 is 6.18 Å². The van der Waals surface area contributed by atoms with Crippen molar-refractivity contribution in [1.82, 2.24) is 14.3 Å². The van der Waals surface area contributed by atoms with E-state index >= 15 is 0 Å². The Morgan fingerprint density at radius 2 is 1.59 bits per heavy atom. The highest BCUT2D eigenvalue weighted by Gasteiger charge is 2.34. The van der Waals surface area contributed by atoms with Crippen LogP contribution in [0.4, 0.5) is 35.0 Å². The molecular weight excluding hydrogens is 538 g/mol. The topological polar surface area (TPSA) is 72.0 Å². The summed E-state index contributed by atoms with van der Waals surface area (Å²) in [7, 11) is 1.62. The third kappa shape index (κ3) is 8.95. The molecule has 1 aliphatic rings. The molecule has 1 aromatic heterocycles. The predicted molar refractivity (Wildman–Crippen MR) is 141 cm³/mol. The molecule has 13 heteroatoms. The van der Waals surface area contributed by atoms with E-state index in [1.165, 1.54) is 24.3 Å². The van der Waals surface area contributed by atoms with Gasteiger partial charge in [-0.1, -0.05) is 0 Å². The lowest BCUT2D eigenvalue weighted by Crippen LogP contribution is -2.44. The molecule has 8 nitrogen and oxygen atoms in total. The minimum absolute atomic E-state index is 0.00760. The summed E-state index contributed by atoms with van der Waals surface area (Å²) in [6, 6.07) is 13.8. The van der Waals surface area contributed by atoms with E-state index in [0.717, 1.165) is 16.7 Å². The molecule has 0 unspecified atom stereocenters. The first-order valence-corrected chi connectivity index (χ1v) is 13.0. The molecule has 1 saturated heterocycles. The lowest BCUT2D eigenvalue weighted by molar-refractivity contribution is -0.141. The number of benzene rings is 2. The lowest BCUT2D eigenvalue weighted by atomic mass is 10.3. The number of ether oxygens (including phenoxy) is 3. The van der Waals surface area contributed by atoms with Crippen LogP contribution in [-0.4, -0.2) is 74.0 Å². The molecule has 1 N–H and O–H groups in total. The normalized spacial score (nSPS) is 14.4. The molecule has 2 aromatic carbocycles. The van der Waals surface area contributed by atoms with Crippen molar-refractivity contribution in [2.24, 2.45) is 0 Å². The number of methoxy groups -OCH3 is 1. The van der Waals surface area contributed by atoms with E-state index in [0.29, 0.717) is 58.3 Å². The maximum absolute atomic E-state index is 13.6. The summed E-state index contributed by atoms with van der Waals surface area (Å²) in [6.07, 6.45) is -4.64. The number of piperazine rings is 1. The van der Waals surface area contributed by atoms with Gasteiger partial charge in [-0.3, -0.25) is 0 Å². The monoisotopic (exact) mass is 567 g/mol. The summed E-state index contributed by atoms with van der Waals surface area (Å²) in [5.41, 5.74) is -0.625. The van der Waals surface area contributed by atoms with Gasteiger partial charge < -0.3 is 24.4 Å². The van der Waals surface area contributed by atoms with Crippen LogP contribution < -0.4 is 15.0 Å². The van der Waals surface area contributed by atoms with Crippen LogP contribution >= 0.6 is 11.9 Å². The van der Waals surface area contributed by atoms with Crippen LogP contribution in [0.25, 0.3) is 0 Å². The van der Waals surface area contributed by atoms with Crippen LogP contribution in [0, 0.1) is 5.82 Å². The van der Waals surface area contributed by atoms with Crippen LogP contribution in [-0.2, 0) is 15.7 Å². The second kappa shape index (κ2) is 13.8. The number of rotatable bonds is 12. The Hall–Kier alpha value is -3.13. The first-order valence-electron chi connectivity index (χ1n) is 12.3. The summed E-state index contributed by atoms with van der Waals surface area (Å²) in [4.78, 5) is 10.8. The molecule has 210 valence electrons. The van der Waals surface area contributed by atoms with Crippen molar-refractivity contribution in [3.8, 4) is 5.75 Å². The van der Waals surface area contributed by atoms with Crippen LogP contribution in [0.2, 0.25) is 0 Å². The first-order chi connectivity index (χ1) is 18.8. The quantitative estimate of drug-likeness (QED) is 0.180. The zero-order valence-corrected chi connectivity index (χ0v) is 22.1. The Morgan fingerprint density at radius 3 is 2.26 bits per heavy atom. The Bertz CT molecular complexity index is 1180. The number of hydrogen-bond donors (Lipinski definition) is 1. The minimum atomic E-state index is -4.64. The highest BCUT2D eigenvalue weighted by Crippen LogP contribution is 2.32. The SMILES string of the molecule is COCCOCCOc1ccc(SN2CCN(c3nc(Nc4ccc(F)cc4)cc(C(F)(F)F)n3)CC2)cc1. The molecule has 0 aliphatic carbocycles. The van der Waals surface area contributed by atoms with Gasteiger partial charge in [0.2, 0.25) is 5.95 Å². The number of alkyl halides is 3. The smallest absolute Gasteiger partial charge is 0.433 e. The molecule has 0 radical (unpaired) electrons. The van der Waals surface area contributed by atoms with Crippen molar-refractivity contribution >= 4 is 29.4 Å². The van der Waals surface area contributed by atoms with E-state index in [1.54, 1.807) is 24.0 Å². The van der Waals surface area contributed by atoms with E-state index in [9.17, 15) is 17.6 Å². The number of hydrogen-bond acceptors (Lipinski definition) is 9. The highest BCUT2D eigenvalue weighted by molar-refractivity contribution is 7.97. The Morgan fingerprint density at radius 1 is 0.897 bits per heavy atom. The van der Waals surface area contributed by atoms with E-state index in [2.05, 4.69) is 19.6 Å². The molecular formula is C26H29F4N5O3S. The predicted octanol–water partition coefficient (Wildman–Crippen LogP) is 5.25. The van der Waals surface area contributed by atoms with E-state index in [-0.39, 0.29) is 11.8 Å². The Balaban J connectivity index is 1.31. The molecule has 39 heavy (non-hydrogen) atoms. The fraction of sp³-hybridized carbons (Fsp3) is 0.385. The van der Waals surface area contributed by atoms with Gasteiger partial charge in [0.15, 0.2) is 5.69 Å².